The summed E-state index contributed by atoms with van der Waals surface area (Å²) in [7, 11) is 0. The lowest BCUT2D eigenvalue weighted by molar-refractivity contribution is 0.0482. The molecule has 1 aromatic heterocycles. The minimum Gasteiger partial charge on any atom is -0.444 e. The lowest BCUT2D eigenvalue weighted by Gasteiger charge is -2.34. The highest BCUT2D eigenvalue weighted by atomic mass is 16.6. The lowest BCUT2D eigenvalue weighted by atomic mass is 9.76. The molecule has 5 nitrogen and oxygen atoms in total. The number of ether oxygens (including phenoxy) is 1. The molecular formula is C17H27N3O2. The van der Waals surface area contributed by atoms with Crippen LogP contribution in [0.4, 0.5) is 10.5 Å². The zero-order valence-corrected chi connectivity index (χ0v) is 13.9. The summed E-state index contributed by atoms with van der Waals surface area (Å²) in [5.41, 5.74) is 7.45. The first kappa shape index (κ1) is 16.6. The van der Waals surface area contributed by atoms with Gasteiger partial charge in [-0.05, 0) is 63.5 Å². The molecule has 1 aliphatic carbocycles. The quantitative estimate of drug-likeness (QED) is 0.877. The van der Waals surface area contributed by atoms with E-state index in [0.29, 0.717) is 11.8 Å². The predicted molar refractivity (Wildman–Crippen MR) is 87.6 cm³/mol. The molecular weight excluding hydrogens is 278 g/mol. The standard InChI is InChI=1S/C17H27N3O2/c1-11-7-12(14-5-6-19-10-15(14)18)9-13(8-11)20-16(21)22-17(2,3)4/h5-6,10-13H,7-9,18H2,1-4H3,(H,20,21)/t11-,12?,13?/m0/s1. The van der Waals surface area contributed by atoms with E-state index in [4.69, 9.17) is 10.5 Å². The summed E-state index contributed by atoms with van der Waals surface area (Å²) in [5, 5.41) is 3.01. The molecule has 5 heteroatoms. The zero-order chi connectivity index (χ0) is 16.3. The number of aromatic nitrogens is 1. The normalized spacial score (nSPS) is 25.5. The average Bonchev–Trinajstić information content (AvgIpc) is 2.35. The Morgan fingerprint density at radius 2 is 2.09 bits per heavy atom. The van der Waals surface area contributed by atoms with Gasteiger partial charge < -0.3 is 15.8 Å². The summed E-state index contributed by atoms with van der Waals surface area (Å²) in [6.45, 7) is 7.83. The second-order valence-corrected chi connectivity index (χ2v) is 7.36. The monoisotopic (exact) mass is 305 g/mol. The van der Waals surface area contributed by atoms with Crippen molar-refractivity contribution >= 4 is 11.8 Å². The first-order valence-electron chi connectivity index (χ1n) is 7.93. The van der Waals surface area contributed by atoms with E-state index < -0.39 is 5.60 Å². The van der Waals surface area contributed by atoms with Gasteiger partial charge in [-0.3, -0.25) is 4.98 Å². The average molecular weight is 305 g/mol. The molecule has 1 aliphatic rings. The second-order valence-electron chi connectivity index (χ2n) is 7.36. The van der Waals surface area contributed by atoms with Crippen LogP contribution in [0, 0.1) is 5.92 Å². The van der Waals surface area contributed by atoms with Crippen molar-refractivity contribution in [2.45, 2.75) is 64.5 Å². The molecule has 3 atom stereocenters. The van der Waals surface area contributed by atoms with Crippen molar-refractivity contribution in [1.82, 2.24) is 10.3 Å². The van der Waals surface area contributed by atoms with Gasteiger partial charge >= 0.3 is 6.09 Å². The Balaban J connectivity index is 2.02. The number of rotatable bonds is 2. The molecule has 1 heterocycles. The largest absolute Gasteiger partial charge is 0.444 e. The Kier molecular flexibility index (Phi) is 4.94. The summed E-state index contributed by atoms with van der Waals surface area (Å²) in [6, 6.07) is 2.11. The summed E-state index contributed by atoms with van der Waals surface area (Å²) in [4.78, 5) is 16.0. The van der Waals surface area contributed by atoms with Crippen LogP contribution < -0.4 is 11.1 Å². The van der Waals surface area contributed by atoms with Crippen LogP contribution in [0.25, 0.3) is 0 Å². The first-order chi connectivity index (χ1) is 10.2. The number of nitrogens with one attached hydrogen (secondary N) is 1. The Hall–Kier alpha value is -1.78. The molecule has 2 rings (SSSR count). The highest BCUT2D eigenvalue weighted by Gasteiger charge is 2.30. The third-order valence-electron chi connectivity index (χ3n) is 3.99. The molecule has 1 saturated carbocycles. The Bertz CT molecular complexity index is 525. The highest BCUT2D eigenvalue weighted by molar-refractivity contribution is 5.68. The van der Waals surface area contributed by atoms with Crippen molar-refractivity contribution < 1.29 is 9.53 Å². The van der Waals surface area contributed by atoms with Gasteiger partial charge in [-0.2, -0.15) is 0 Å². The third kappa shape index (κ3) is 4.61. The number of nitrogens with zero attached hydrogens (tertiary/aromatic N) is 1. The fourth-order valence-electron chi connectivity index (χ4n) is 3.24. The lowest BCUT2D eigenvalue weighted by Crippen LogP contribution is -2.42. The van der Waals surface area contributed by atoms with E-state index >= 15 is 0 Å². The molecule has 0 radical (unpaired) electrons. The maximum Gasteiger partial charge on any atom is 0.407 e. The molecule has 122 valence electrons. The summed E-state index contributed by atoms with van der Waals surface area (Å²) < 4.78 is 5.36. The van der Waals surface area contributed by atoms with E-state index in [1.165, 1.54) is 0 Å². The smallest absolute Gasteiger partial charge is 0.407 e. The number of pyridine rings is 1. The predicted octanol–water partition coefficient (Wildman–Crippen LogP) is 3.46. The van der Waals surface area contributed by atoms with Crippen LogP contribution in [0.2, 0.25) is 0 Å². The van der Waals surface area contributed by atoms with Gasteiger partial charge in [0, 0.05) is 12.2 Å². The van der Waals surface area contributed by atoms with Crippen molar-refractivity contribution in [3.8, 4) is 0 Å². The minimum absolute atomic E-state index is 0.121. The number of carbonyl (C=O) groups is 1. The van der Waals surface area contributed by atoms with E-state index in [1.807, 2.05) is 26.8 Å². The van der Waals surface area contributed by atoms with Crippen molar-refractivity contribution in [3.63, 3.8) is 0 Å². The van der Waals surface area contributed by atoms with Gasteiger partial charge in [-0.15, -0.1) is 0 Å². The SMILES string of the molecule is C[C@@H]1CC(NC(=O)OC(C)(C)C)CC(c2ccncc2N)C1. The minimum atomic E-state index is -0.473. The van der Waals surface area contributed by atoms with Gasteiger partial charge in [0.05, 0.1) is 11.9 Å². The van der Waals surface area contributed by atoms with Crippen molar-refractivity contribution in [3.05, 3.63) is 24.0 Å². The molecule has 0 bridgehead atoms. The van der Waals surface area contributed by atoms with Gasteiger partial charge in [0.1, 0.15) is 5.60 Å². The van der Waals surface area contributed by atoms with E-state index in [9.17, 15) is 4.79 Å². The van der Waals surface area contributed by atoms with E-state index in [-0.39, 0.29) is 12.1 Å². The van der Waals surface area contributed by atoms with Gasteiger partial charge in [-0.1, -0.05) is 6.92 Å². The molecule has 2 unspecified atom stereocenters. The maximum atomic E-state index is 12.0. The number of anilines is 1. The van der Waals surface area contributed by atoms with Crippen LogP contribution in [0.15, 0.2) is 18.5 Å². The number of hydrogen-bond acceptors (Lipinski definition) is 4. The molecule has 0 aromatic carbocycles. The number of alkyl carbamates (subject to hydrolysis) is 1. The van der Waals surface area contributed by atoms with Crippen LogP contribution >= 0.6 is 0 Å². The fourth-order valence-corrected chi connectivity index (χ4v) is 3.24. The molecule has 0 saturated heterocycles. The fraction of sp³-hybridized carbons (Fsp3) is 0.647. The number of carbonyl (C=O) groups excluding carboxylic acids is 1. The zero-order valence-electron chi connectivity index (χ0n) is 13.9. The molecule has 1 fully saturated rings. The van der Waals surface area contributed by atoms with Crippen molar-refractivity contribution in [2.75, 3.05) is 5.73 Å². The van der Waals surface area contributed by atoms with Gasteiger partial charge in [0.2, 0.25) is 0 Å². The Morgan fingerprint density at radius 3 is 2.73 bits per heavy atom. The summed E-state index contributed by atoms with van der Waals surface area (Å²) >= 11 is 0. The first-order valence-corrected chi connectivity index (χ1v) is 7.93. The van der Waals surface area contributed by atoms with E-state index in [2.05, 4.69) is 17.2 Å². The summed E-state index contributed by atoms with van der Waals surface area (Å²) in [6.07, 6.45) is 6.08. The number of nitrogen functional groups attached to an aromatic ring is 1. The van der Waals surface area contributed by atoms with Crippen LogP contribution in [-0.2, 0) is 4.74 Å². The van der Waals surface area contributed by atoms with Gasteiger partial charge in [0.25, 0.3) is 0 Å². The maximum absolute atomic E-state index is 12.0. The van der Waals surface area contributed by atoms with E-state index in [1.54, 1.807) is 12.4 Å². The second kappa shape index (κ2) is 6.55. The van der Waals surface area contributed by atoms with Crippen LogP contribution in [0.1, 0.15) is 58.4 Å². The number of amides is 1. The van der Waals surface area contributed by atoms with E-state index in [0.717, 1.165) is 30.5 Å². The molecule has 22 heavy (non-hydrogen) atoms. The van der Waals surface area contributed by atoms with Gasteiger partial charge in [0.15, 0.2) is 0 Å². The summed E-state index contributed by atoms with van der Waals surface area (Å²) in [5.74, 6) is 0.887. The molecule has 1 amide bonds. The molecule has 0 aliphatic heterocycles. The van der Waals surface area contributed by atoms with Gasteiger partial charge in [-0.25, -0.2) is 4.79 Å². The molecule has 0 spiro atoms. The molecule has 3 N–H and O–H groups in total. The Labute approximate surface area is 132 Å². The van der Waals surface area contributed by atoms with Crippen LogP contribution in [-0.4, -0.2) is 22.7 Å². The van der Waals surface area contributed by atoms with Crippen LogP contribution in [0.5, 0.6) is 0 Å². The van der Waals surface area contributed by atoms with Crippen molar-refractivity contribution in [1.29, 1.82) is 0 Å². The number of hydrogen-bond donors (Lipinski definition) is 2. The topological polar surface area (TPSA) is 77.2 Å². The highest BCUT2D eigenvalue weighted by Crippen LogP contribution is 2.38. The number of nitrogens with two attached hydrogens (primary N) is 1. The van der Waals surface area contributed by atoms with Crippen LogP contribution in [0.3, 0.4) is 0 Å². The third-order valence-corrected chi connectivity index (χ3v) is 3.99. The Morgan fingerprint density at radius 1 is 1.36 bits per heavy atom. The van der Waals surface area contributed by atoms with Crippen molar-refractivity contribution in [2.24, 2.45) is 5.92 Å². The molecule has 1 aromatic rings.